The number of piperidine rings is 1. The molecule has 31 heavy (non-hydrogen) atoms. The highest BCUT2D eigenvalue weighted by atomic mass is 19.1. The second-order valence-corrected chi connectivity index (χ2v) is 8.72. The van der Waals surface area contributed by atoms with Crippen LogP contribution in [-0.2, 0) is 4.79 Å². The van der Waals surface area contributed by atoms with Gasteiger partial charge in [-0.05, 0) is 66.1 Å². The van der Waals surface area contributed by atoms with E-state index in [-0.39, 0.29) is 29.5 Å². The molecule has 7 heteroatoms. The first-order valence-electron chi connectivity index (χ1n) is 10.7. The van der Waals surface area contributed by atoms with Gasteiger partial charge in [-0.15, -0.1) is 0 Å². The lowest BCUT2D eigenvalue weighted by molar-refractivity contribution is -0.133. The van der Waals surface area contributed by atoms with Crippen molar-refractivity contribution in [3.05, 3.63) is 53.4 Å². The van der Waals surface area contributed by atoms with Crippen molar-refractivity contribution >= 4 is 16.9 Å². The Bertz CT molecular complexity index is 1090. The van der Waals surface area contributed by atoms with E-state index in [0.717, 1.165) is 5.56 Å². The molecule has 4 rings (SSSR count). The van der Waals surface area contributed by atoms with Crippen LogP contribution in [0, 0.1) is 30.4 Å². The van der Waals surface area contributed by atoms with Crippen LogP contribution in [0.4, 0.5) is 8.78 Å². The van der Waals surface area contributed by atoms with Crippen LogP contribution in [-0.4, -0.2) is 47.5 Å². The van der Waals surface area contributed by atoms with Crippen LogP contribution in [0.15, 0.2) is 30.6 Å². The minimum atomic E-state index is -0.402. The van der Waals surface area contributed by atoms with Crippen LogP contribution in [0.2, 0.25) is 0 Å². The monoisotopic (exact) mass is 426 g/mol. The van der Waals surface area contributed by atoms with E-state index in [1.54, 1.807) is 19.3 Å². The fourth-order valence-corrected chi connectivity index (χ4v) is 5.18. The zero-order chi connectivity index (χ0) is 22.3. The summed E-state index contributed by atoms with van der Waals surface area (Å²) >= 11 is 0. The minimum absolute atomic E-state index is 0.00846. The Morgan fingerprint density at radius 2 is 1.94 bits per heavy atom. The molecule has 1 aliphatic rings. The fraction of sp³-hybridized carbons (Fsp3) is 0.417. The summed E-state index contributed by atoms with van der Waals surface area (Å²) in [5, 5.41) is 3.28. The summed E-state index contributed by atoms with van der Waals surface area (Å²) in [5.74, 6) is -0.357. The average molecular weight is 427 g/mol. The molecule has 0 radical (unpaired) electrons. The third kappa shape index (κ3) is 3.82. The van der Waals surface area contributed by atoms with E-state index in [4.69, 9.17) is 0 Å². The van der Waals surface area contributed by atoms with E-state index in [1.807, 2.05) is 17.9 Å². The van der Waals surface area contributed by atoms with Gasteiger partial charge in [-0.1, -0.05) is 19.9 Å². The predicted molar refractivity (Wildman–Crippen MR) is 118 cm³/mol. The van der Waals surface area contributed by atoms with E-state index in [1.165, 1.54) is 12.3 Å². The molecule has 1 fully saturated rings. The van der Waals surface area contributed by atoms with Gasteiger partial charge in [0.1, 0.15) is 11.5 Å². The molecule has 3 atom stereocenters. The van der Waals surface area contributed by atoms with E-state index in [9.17, 15) is 9.18 Å². The van der Waals surface area contributed by atoms with E-state index >= 15 is 4.39 Å². The number of benzene rings is 1. The number of fused-ring (bicyclic) bond motifs is 1. The quantitative estimate of drug-likeness (QED) is 0.656. The number of nitrogens with zero attached hydrogens (tertiary/aromatic N) is 2. The Morgan fingerprint density at radius 1 is 1.23 bits per heavy atom. The van der Waals surface area contributed by atoms with Crippen LogP contribution in [0.25, 0.3) is 22.2 Å². The van der Waals surface area contributed by atoms with Crippen LogP contribution < -0.4 is 5.32 Å². The number of nitrogens with one attached hydrogen (secondary N) is 2. The number of carbonyl (C=O) groups is 1. The highest BCUT2D eigenvalue weighted by Crippen LogP contribution is 2.41. The molecule has 0 saturated carbocycles. The first kappa shape index (κ1) is 21.4. The number of amides is 1. The Morgan fingerprint density at radius 3 is 2.58 bits per heavy atom. The van der Waals surface area contributed by atoms with Crippen molar-refractivity contribution in [3.63, 3.8) is 0 Å². The standard InChI is InChI=1S/C24H28F2N4O/c1-13-7-16(17-5-6-28-24-23(17)19(26)9-29-24)8-18(25)22(13)21-14(2)11-30(12-15(21)3)20(31)10-27-4/h5-9,14-15,21,27H,10-12H2,1-4H3,(H,28,29)/t14-,15+,21?. The number of aryl methyl sites for hydroxylation is 1. The first-order valence-corrected chi connectivity index (χ1v) is 10.7. The molecule has 5 nitrogen and oxygen atoms in total. The molecular formula is C24H28F2N4O. The van der Waals surface area contributed by atoms with Crippen LogP contribution in [0.5, 0.6) is 0 Å². The van der Waals surface area contributed by atoms with Crippen molar-refractivity contribution in [1.29, 1.82) is 0 Å². The molecule has 2 N–H and O–H groups in total. The Kier molecular flexibility index (Phi) is 5.79. The smallest absolute Gasteiger partial charge is 0.236 e. The number of H-pyrrole nitrogens is 1. The molecule has 0 aliphatic carbocycles. The first-order chi connectivity index (χ1) is 14.8. The summed E-state index contributed by atoms with van der Waals surface area (Å²) in [4.78, 5) is 21.2. The van der Waals surface area contributed by atoms with Gasteiger partial charge in [0.05, 0.1) is 11.9 Å². The number of hydrogen-bond acceptors (Lipinski definition) is 3. The van der Waals surface area contributed by atoms with Crippen molar-refractivity contribution in [2.75, 3.05) is 26.7 Å². The third-order valence-corrected chi connectivity index (χ3v) is 6.43. The highest BCUT2D eigenvalue weighted by molar-refractivity contribution is 5.93. The normalized spacial score (nSPS) is 21.6. The summed E-state index contributed by atoms with van der Waals surface area (Å²) in [6.07, 6.45) is 2.86. The van der Waals surface area contributed by atoms with Crippen molar-refractivity contribution in [2.45, 2.75) is 26.7 Å². The molecule has 0 bridgehead atoms. The Hall–Kier alpha value is -2.80. The lowest BCUT2D eigenvalue weighted by Gasteiger charge is -2.42. The molecule has 2 aromatic heterocycles. The number of likely N-dealkylation sites (N-methyl/N-ethyl adjacent to an activating group) is 1. The zero-order valence-electron chi connectivity index (χ0n) is 18.3. The summed E-state index contributed by atoms with van der Waals surface area (Å²) in [6.45, 7) is 7.59. The number of carbonyl (C=O) groups excluding carboxylic acids is 1. The molecule has 3 aromatic rings. The van der Waals surface area contributed by atoms with Crippen molar-refractivity contribution < 1.29 is 13.6 Å². The van der Waals surface area contributed by atoms with Gasteiger partial charge in [0.25, 0.3) is 0 Å². The molecule has 1 aliphatic heterocycles. The maximum absolute atomic E-state index is 15.5. The predicted octanol–water partition coefficient (Wildman–Crippen LogP) is 4.23. The highest BCUT2D eigenvalue weighted by Gasteiger charge is 2.37. The van der Waals surface area contributed by atoms with Gasteiger partial charge < -0.3 is 15.2 Å². The van der Waals surface area contributed by atoms with E-state index < -0.39 is 5.82 Å². The average Bonchev–Trinajstić information content (AvgIpc) is 3.10. The molecular weight excluding hydrogens is 398 g/mol. The van der Waals surface area contributed by atoms with Crippen LogP contribution in [0.1, 0.15) is 30.9 Å². The zero-order valence-corrected chi connectivity index (χ0v) is 18.3. The summed E-state index contributed by atoms with van der Waals surface area (Å²) in [5.41, 5.74) is 3.23. The number of aromatic amines is 1. The maximum atomic E-state index is 15.5. The Labute approximate surface area is 180 Å². The molecule has 164 valence electrons. The number of aromatic nitrogens is 2. The maximum Gasteiger partial charge on any atom is 0.236 e. The second kappa shape index (κ2) is 8.38. The van der Waals surface area contributed by atoms with Gasteiger partial charge in [0.2, 0.25) is 5.91 Å². The number of pyridine rings is 1. The van der Waals surface area contributed by atoms with Gasteiger partial charge in [0, 0.05) is 25.5 Å². The molecule has 1 aromatic carbocycles. The lowest BCUT2D eigenvalue weighted by Crippen LogP contribution is -2.48. The second-order valence-electron chi connectivity index (χ2n) is 8.72. The third-order valence-electron chi connectivity index (χ3n) is 6.43. The molecule has 1 unspecified atom stereocenters. The van der Waals surface area contributed by atoms with Crippen LogP contribution >= 0.6 is 0 Å². The minimum Gasteiger partial charge on any atom is -0.343 e. The van der Waals surface area contributed by atoms with Gasteiger partial charge in [-0.2, -0.15) is 0 Å². The van der Waals surface area contributed by atoms with Gasteiger partial charge in [-0.3, -0.25) is 4.79 Å². The number of rotatable bonds is 4. The van der Waals surface area contributed by atoms with Crippen molar-refractivity contribution in [2.24, 2.45) is 11.8 Å². The summed E-state index contributed by atoms with van der Waals surface area (Å²) < 4.78 is 29.8. The summed E-state index contributed by atoms with van der Waals surface area (Å²) in [6, 6.07) is 5.14. The van der Waals surface area contributed by atoms with Crippen molar-refractivity contribution in [3.8, 4) is 11.1 Å². The fourth-order valence-electron chi connectivity index (χ4n) is 5.18. The van der Waals surface area contributed by atoms with Gasteiger partial charge >= 0.3 is 0 Å². The topological polar surface area (TPSA) is 61.0 Å². The molecule has 1 saturated heterocycles. The number of hydrogen-bond donors (Lipinski definition) is 2. The summed E-state index contributed by atoms with van der Waals surface area (Å²) in [7, 11) is 1.76. The van der Waals surface area contributed by atoms with Gasteiger partial charge in [-0.25, -0.2) is 13.8 Å². The lowest BCUT2D eigenvalue weighted by atomic mass is 9.73. The van der Waals surface area contributed by atoms with Crippen LogP contribution in [0.3, 0.4) is 0 Å². The van der Waals surface area contributed by atoms with E-state index in [2.05, 4.69) is 29.1 Å². The van der Waals surface area contributed by atoms with E-state index in [0.29, 0.717) is 47.4 Å². The van der Waals surface area contributed by atoms with Gasteiger partial charge in [0.15, 0.2) is 5.82 Å². The van der Waals surface area contributed by atoms with Crippen molar-refractivity contribution in [1.82, 2.24) is 20.2 Å². The number of halogens is 2. The molecule has 1 amide bonds. The Balaban J connectivity index is 1.70. The molecule has 0 spiro atoms. The SMILES string of the molecule is CNCC(=O)N1C[C@@H](C)C(c2c(C)cc(-c3ccnc4[nH]cc(F)c34)cc2F)[C@@H](C)C1. The number of likely N-dealkylation sites (tertiary alicyclic amines) is 1. The molecule has 3 heterocycles. The largest absolute Gasteiger partial charge is 0.343 e.